The van der Waals surface area contributed by atoms with Crippen molar-refractivity contribution >= 4 is 23.6 Å². The van der Waals surface area contributed by atoms with Crippen LogP contribution in [0.15, 0.2) is 48.5 Å². The zero-order valence-electron chi connectivity index (χ0n) is 19.1. The van der Waals surface area contributed by atoms with Crippen molar-refractivity contribution in [3.05, 3.63) is 70.2 Å². The van der Waals surface area contributed by atoms with Gasteiger partial charge in [-0.15, -0.1) is 0 Å². The Morgan fingerprint density at radius 2 is 1.97 bits per heavy atom. The van der Waals surface area contributed by atoms with Crippen LogP contribution in [0.3, 0.4) is 0 Å². The summed E-state index contributed by atoms with van der Waals surface area (Å²) in [6.45, 7) is 5.18. The van der Waals surface area contributed by atoms with E-state index in [9.17, 15) is 14.9 Å². The minimum absolute atomic E-state index is 0.0421. The molecule has 1 N–H and O–H groups in total. The van der Waals surface area contributed by atoms with Crippen LogP contribution in [0.5, 0.6) is 0 Å². The van der Waals surface area contributed by atoms with Gasteiger partial charge in [0.05, 0.1) is 24.2 Å². The van der Waals surface area contributed by atoms with E-state index in [-0.39, 0.29) is 29.9 Å². The molecule has 1 fully saturated rings. The highest BCUT2D eigenvalue weighted by atomic mass is 35.5. The number of nitriles is 1. The van der Waals surface area contributed by atoms with E-state index in [4.69, 9.17) is 16.3 Å². The summed E-state index contributed by atoms with van der Waals surface area (Å²) in [5.74, 6) is -0.519. The highest BCUT2D eigenvalue weighted by Crippen LogP contribution is 2.27. The third-order valence-electron chi connectivity index (χ3n) is 6.01. The van der Waals surface area contributed by atoms with Crippen LogP contribution in [0.25, 0.3) is 0 Å². The molecule has 0 spiro atoms. The number of unbranched alkanes of at least 4 members (excludes halogenated alkanes) is 1. The number of ether oxygens (including phenoxy) is 1. The van der Waals surface area contributed by atoms with Crippen molar-refractivity contribution in [2.75, 3.05) is 19.7 Å². The quantitative estimate of drug-likeness (QED) is 0.419. The minimum Gasteiger partial charge on any atom is -0.465 e. The van der Waals surface area contributed by atoms with Crippen molar-refractivity contribution in [2.45, 2.75) is 45.1 Å². The second-order valence-corrected chi connectivity index (χ2v) is 8.97. The summed E-state index contributed by atoms with van der Waals surface area (Å²) in [6.07, 6.45) is 2.50. The van der Waals surface area contributed by atoms with Crippen LogP contribution < -0.4 is 5.32 Å². The molecule has 1 saturated heterocycles. The Hall–Kier alpha value is -3.04. The predicted molar refractivity (Wildman–Crippen MR) is 128 cm³/mol. The van der Waals surface area contributed by atoms with Crippen LogP contribution in [0, 0.1) is 17.2 Å². The molecule has 6 nitrogen and oxygen atoms in total. The van der Waals surface area contributed by atoms with Gasteiger partial charge in [-0.05, 0) is 55.2 Å². The number of amides is 2. The summed E-state index contributed by atoms with van der Waals surface area (Å²) in [5.41, 5.74) is 2.66. The molecule has 2 atom stereocenters. The molecular weight excluding hydrogens is 438 g/mol. The number of hydrogen-bond donors (Lipinski definition) is 1. The SMILES string of the molecule is CCCCOC(=O)C1CN(C(=O)NC(C)[C@@H](Cc2ccc(Cl)cc2)c2cccc(C#N)c2)C1. The molecule has 2 aromatic carbocycles. The number of halogens is 1. The zero-order valence-corrected chi connectivity index (χ0v) is 19.8. The zero-order chi connectivity index (χ0) is 23.8. The van der Waals surface area contributed by atoms with Gasteiger partial charge in [0.2, 0.25) is 0 Å². The van der Waals surface area contributed by atoms with E-state index >= 15 is 0 Å². The van der Waals surface area contributed by atoms with Crippen molar-refractivity contribution in [3.63, 3.8) is 0 Å². The van der Waals surface area contributed by atoms with Gasteiger partial charge in [-0.25, -0.2) is 4.79 Å². The number of nitrogens with one attached hydrogen (secondary N) is 1. The van der Waals surface area contributed by atoms with E-state index in [1.165, 1.54) is 0 Å². The van der Waals surface area contributed by atoms with Crippen molar-refractivity contribution in [3.8, 4) is 6.07 Å². The number of likely N-dealkylation sites (tertiary alicyclic amines) is 1. The lowest BCUT2D eigenvalue weighted by Crippen LogP contribution is -2.58. The molecule has 0 bridgehead atoms. The van der Waals surface area contributed by atoms with Crippen molar-refractivity contribution < 1.29 is 14.3 Å². The largest absolute Gasteiger partial charge is 0.465 e. The maximum absolute atomic E-state index is 12.8. The number of carbonyl (C=O) groups excluding carboxylic acids is 2. The van der Waals surface area contributed by atoms with E-state index in [1.807, 2.05) is 56.3 Å². The molecule has 2 aromatic rings. The average Bonchev–Trinajstić information content (AvgIpc) is 2.77. The summed E-state index contributed by atoms with van der Waals surface area (Å²) < 4.78 is 5.26. The van der Waals surface area contributed by atoms with E-state index in [0.717, 1.165) is 24.0 Å². The molecule has 174 valence electrons. The highest BCUT2D eigenvalue weighted by Gasteiger charge is 2.37. The number of esters is 1. The number of rotatable bonds is 9. The van der Waals surface area contributed by atoms with E-state index in [1.54, 1.807) is 11.0 Å². The molecular formula is C26H30ClN3O3. The monoisotopic (exact) mass is 467 g/mol. The lowest BCUT2D eigenvalue weighted by Gasteiger charge is -2.39. The van der Waals surface area contributed by atoms with Crippen molar-refractivity contribution in [1.29, 1.82) is 5.26 Å². The van der Waals surface area contributed by atoms with Gasteiger partial charge in [-0.1, -0.05) is 49.2 Å². The summed E-state index contributed by atoms with van der Waals surface area (Å²) in [6, 6.07) is 16.9. The standard InChI is InChI=1S/C26H30ClN3O3/c1-3-4-12-33-25(31)22-16-30(17-22)26(32)29-18(2)24(14-19-8-10-23(27)11-9-19)21-7-5-6-20(13-21)15-28/h5-11,13,18,22,24H,3-4,12,14,16-17H2,1-2H3,(H,29,32)/t18?,24-/m1/s1. The van der Waals surface area contributed by atoms with Gasteiger partial charge in [-0.3, -0.25) is 4.79 Å². The number of urea groups is 1. The third kappa shape index (κ3) is 6.72. The van der Waals surface area contributed by atoms with E-state index in [0.29, 0.717) is 36.7 Å². The average molecular weight is 468 g/mol. The van der Waals surface area contributed by atoms with Crippen molar-refractivity contribution in [2.24, 2.45) is 5.92 Å². The Balaban J connectivity index is 1.64. The number of carbonyl (C=O) groups is 2. The maximum atomic E-state index is 12.8. The van der Waals surface area contributed by atoms with Crippen LogP contribution in [0.4, 0.5) is 4.79 Å². The fraction of sp³-hybridized carbons (Fsp3) is 0.423. The lowest BCUT2D eigenvalue weighted by molar-refractivity contribution is -0.153. The molecule has 1 unspecified atom stereocenters. The Morgan fingerprint density at radius 1 is 1.24 bits per heavy atom. The summed E-state index contributed by atoms with van der Waals surface area (Å²) >= 11 is 6.03. The highest BCUT2D eigenvalue weighted by molar-refractivity contribution is 6.30. The summed E-state index contributed by atoms with van der Waals surface area (Å²) in [7, 11) is 0. The second-order valence-electron chi connectivity index (χ2n) is 8.54. The molecule has 0 aromatic heterocycles. The first-order valence-corrected chi connectivity index (χ1v) is 11.8. The Kier molecular flexibility index (Phi) is 8.73. The first-order valence-electron chi connectivity index (χ1n) is 11.4. The summed E-state index contributed by atoms with van der Waals surface area (Å²) in [4.78, 5) is 26.5. The smallest absolute Gasteiger partial charge is 0.317 e. The molecule has 0 saturated carbocycles. The molecule has 33 heavy (non-hydrogen) atoms. The fourth-order valence-corrected chi connectivity index (χ4v) is 4.04. The molecule has 3 rings (SSSR count). The van der Waals surface area contributed by atoms with Gasteiger partial charge < -0.3 is 15.0 Å². The lowest BCUT2D eigenvalue weighted by atomic mass is 9.86. The topological polar surface area (TPSA) is 82.4 Å². The van der Waals surface area contributed by atoms with Crippen LogP contribution in [0.1, 0.15) is 49.3 Å². The van der Waals surface area contributed by atoms with Gasteiger partial charge in [0.25, 0.3) is 0 Å². The van der Waals surface area contributed by atoms with Gasteiger partial charge in [0.1, 0.15) is 0 Å². The Labute approximate surface area is 200 Å². The second kappa shape index (κ2) is 11.7. The van der Waals surface area contributed by atoms with E-state index in [2.05, 4.69) is 11.4 Å². The molecule has 1 heterocycles. The molecule has 0 radical (unpaired) electrons. The normalized spacial score (nSPS) is 15.2. The number of benzene rings is 2. The first-order chi connectivity index (χ1) is 15.9. The Morgan fingerprint density at radius 3 is 2.64 bits per heavy atom. The van der Waals surface area contributed by atoms with Gasteiger partial charge in [0.15, 0.2) is 0 Å². The Bertz CT molecular complexity index is 997. The molecule has 1 aliphatic rings. The predicted octanol–water partition coefficient (Wildman–Crippen LogP) is 4.91. The molecule has 0 aliphatic carbocycles. The fourth-order valence-electron chi connectivity index (χ4n) is 3.91. The first kappa shape index (κ1) is 24.6. The molecule has 2 amide bonds. The molecule has 7 heteroatoms. The van der Waals surface area contributed by atoms with E-state index < -0.39 is 0 Å². The van der Waals surface area contributed by atoms with Crippen molar-refractivity contribution in [1.82, 2.24) is 10.2 Å². The van der Waals surface area contributed by atoms with Gasteiger partial charge in [0, 0.05) is 30.1 Å². The molecule has 1 aliphatic heterocycles. The van der Waals surface area contributed by atoms with Gasteiger partial charge in [-0.2, -0.15) is 5.26 Å². The number of nitrogens with zero attached hydrogens (tertiary/aromatic N) is 2. The minimum atomic E-state index is -0.250. The maximum Gasteiger partial charge on any atom is 0.317 e. The van der Waals surface area contributed by atoms with Crippen LogP contribution in [-0.4, -0.2) is 42.6 Å². The number of hydrogen-bond acceptors (Lipinski definition) is 4. The summed E-state index contributed by atoms with van der Waals surface area (Å²) in [5, 5.41) is 13.1. The van der Waals surface area contributed by atoms with Crippen LogP contribution >= 0.6 is 11.6 Å². The van der Waals surface area contributed by atoms with Crippen LogP contribution in [0.2, 0.25) is 5.02 Å². The third-order valence-corrected chi connectivity index (χ3v) is 6.26. The van der Waals surface area contributed by atoms with Gasteiger partial charge >= 0.3 is 12.0 Å². The van der Waals surface area contributed by atoms with Crippen LogP contribution in [-0.2, 0) is 16.0 Å².